The van der Waals surface area contributed by atoms with Crippen LogP contribution < -0.4 is 4.74 Å². The van der Waals surface area contributed by atoms with Crippen molar-refractivity contribution in [2.24, 2.45) is 0 Å². The van der Waals surface area contributed by atoms with Gasteiger partial charge in [-0.3, -0.25) is 14.6 Å². The van der Waals surface area contributed by atoms with Gasteiger partial charge >= 0.3 is 5.97 Å². The number of benzene rings is 1. The highest BCUT2D eigenvalue weighted by molar-refractivity contribution is 5.83. The van der Waals surface area contributed by atoms with Crippen LogP contribution >= 0.6 is 0 Å². The van der Waals surface area contributed by atoms with E-state index in [1.165, 1.54) is 0 Å². The number of aromatic hydroxyl groups is 1. The summed E-state index contributed by atoms with van der Waals surface area (Å²) in [6.07, 6.45) is 2.36. The maximum absolute atomic E-state index is 11.7. The molecule has 2 aromatic rings. The van der Waals surface area contributed by atoms with Crippen LogP contribution in [0.3, 0.4) is 0 Å². The van der Waals surface area contributed by atoms with Gasteiger partial charge in [0, 0.05) is 12.1 Å². The van der Waals surface area contributed by atoms with Crippen LogP contribution in [0.25, 0.3) is 0 Å². The first-order valence-electron chi connectivity index (χ1n) is 8.95. The van der Waals surface area contributed by atoms with Gasteiger partial charge in [-0.25, -0.2) is 0 Å². The normalized spacial score (nSPS) is 10.5. The molecule has 144 valence electrons. The number of aldehydes is 1. The van der Waals surface area contributed by atoms with Crippen molar-refractivity contribution in [2.75, 3.05) is 13.7 Å². The SMILES string of the molecule is CCOC(=O)CCc1c(CCc2ccc(OC)cc2)nc(C)c(O)c1C=O. The van der Waals surface area contributed by atoms with Gasteiger partial charge in [0.15, 0.2) is 6.29 Å². The van der Waals surface area contributed by atoms with E-state index >= 15 is 0 Å². The van der Waals surface area contributed by atoms with Crippen molar-refractivity contribution in [3.8, 4) is 11.5 Å². The molecule has 1 aromatic carbocycles. The summed E-state index contributed by atoms with van der Waals surface area (Å²) in [6, 6.07) is 7.74. The monoisotopic (exact) mass is 371 g/mol. The molecule has 1 aromatic heterocycles. The Morgan fingerprint density at radius 2 is 1.89 bits per heavy atom. The van der Waals surface area contributed by atoms with E-state index in [2.05, 4.69) is 4.98 Å². The number of aromatic nitrogens is 1. The van der Waals surface area contributed by atoms with Gasteiger partial charge in [-0.2, -0.15) is 0 Å². The maximum atomic E-state index is 11.7. The van der Waals surface area contributed by atoms with Gasteiger partial charge in [-0.15, -0.1) is 0 Å². The fourth-order valence-electron chi connectivity index (χ4n) is 2.94. The Morgan fingerprint density at radius 1 is 1.19 bits per heavy atom. The maximum Gasteiger partial charge on any atom is 0.306 e. The molecule has 0 unspecified atom stereocenters. The predicted octanol–water partition coefficient (Wildman–Crippen LogP) is 3.20. The zero-order valence-corrected chi connectivity index (χ0v) is 15.9. The molecule has 0 saturated carbocycles. The number of pyridine rings is 1. The van der Waals surface area contributed by atoms with Crippen LogP contribution in [-0.2, 0) is 28.8 Å². The third kappa shape index (κ3) is 5.29. The summed E-state index contributed by atoms with van der Waals surface area (Å²) >= 11 is 0. The Bertz CT molecular complexity index is 799. The Morgan fingerprint density at radius 3 is 2.48 bits per heavy atom. The van der Waals surface area contributed by atoms with E-state index in [0.29, 0.717) is 49.1 Å². The quantitative estimate of drug-likeness (QED) is 0.538. The molecule has 2 rings (SSSR count). The van der Waals surface area contributed by atoms with Crippen molar-refractivity contribution in [2.45, 2.75) is 39.5 Å². The summed E-state index contributed by atoms with van der Waals surface area (Å²) in [5.74, 6) is 0.322. The van der Waals surface area contributed by atoms with Crippen LogP contribution in [0.4, 0.5) is 0 Å². The smallest absolute Gasteiger partial charge is 0.306 e. The molecule has 0 bridgehead atoms. The van der Waals surface area contributed by atoms with Crippen molar-refractivity contribution in [1.29, 1.82) is 0 Å². The lowest BCUT2D eigenvalue weighted by atomic mass is 9.96. The van der Waals surface area contributed by atoms with Gasteiger partial charge in [0.2, 0.25) is 0 Å². The molecule has 0 fully saturated rings. The predicted molar refractivity (Wildman–Crippen MR) is 101 cm³/mol. The van der Waals surface area contributed by atoms with Gasteiger partial charge < -0.3 is 14.6 Å². The van der Waals surface area contributed by atoms with Gasteiger partial charge in [0.1, 0.15) is 11.5 Å². The largest absolute Gasteiger partial charge is 0.505 e. The van der Waals surface area contributed by atoms with E-state index in [1.54, 1.807) is 21.0 Å². The van der Waals surface area contributed by atoms with E-state index in [9.17, 15) is 14.7 Å². The van der Waals surface area contributed by atoms with Crippen LogP contribution in [0.1, 0.15) is 46.2 Å². The molecule has 6 nitrogen and oxygen atoms in total. The molecule has 6 heteroatoms. The Hall–Kier alpha value is -2.89. The highest BCUT2D eigenvalue weighted by Crippen LogP contribution is 2.27. The number of ether oxygens (including phenoxy) is 2. The van der Waals surface area contributed by atoms with Gasteiger partial charge in [-0.05, 0) is 56.4 Å². The molecule has 0 spiro atoms. The first kappa shape index (κ1) is 20.4. The molecule has 0 radical (unpaired) electrons. The molecule has 0 aliphatic carbocycles. The second-order valence-electron chi connectivity index (χ2n) is 6.16. The first-order chi connectivity index (χ1) is 13.0. The zero-order chi connectivity index (χ0) is 19.8. The summed E-state index contributed by atoms with van der Waals surface area (Å²) in [5, 5.41) is 10.2. The number of carbonyl (C=O) groups excluding carboxylic acids is 2. The number of rotatable bonds is 9. The van der Waals surface area contributed by atoms with Crippen LogP contribution in [0.15, 0.2) is 24.3 Å². The average Bonchev–Trinajstić information content (AvgIpc) is 2.68. The Labute approximate surface area is 159 Å². The van der Waals surface area contributed by atoms with E-state index in [1.807, 2.05) is 24.3 Å². The molecular weight excluding hydrogens is 346 g/mol. The number of hydrogen-bond acceptors (Lipinski definition) is 6. The second kappa shape index (κ2) is 9.71. The minimum Gasteiger partial charge on any atom is -0.505 e. The fourth-order valence-corrected chi connectivity index (χ4v) is 2.94. The van der Waals surface area contributed by atoms with Crippen molar-refractivity contribution in [1.82, 2.24) is 4.98 Å². The number of hydrogen-bond donors (Lipinski definition) is 1. The fraction of sp³-hybridized carbons (Fsp3) is 0.381. The molecule has 1 heterocycles. The molecule has 27 heavy (non-hydrogen) atoms. The molecule has 1 N–H and O–H groups in total. The number of methoxy groups -OCH3 is 1. The van der Waals surface area contributed by atoms with Gasteiger partial charge in [0.25, 0.3) is 0 Å². The van der Waals surface area contributed by atoms with E-state index in [4.69, 9.17) is 9.47 Å². The zero-order valence-electron chi connectivity index (χ0n) is 15.9. The highest BCUT2D eigenvalue weighted by Gasteiger charge is 2.18. The molecular formula is C21H25NO5. The minimum absolute atomic E-state index is 0.128. The average molecular weight is 371 g/mol. The second-order valence-corrected chi connectivity index (χ2v) is 6.16. The van der Waals surface area contributed by atoms with E-state index in [-0.39, 0.29) is 23.7 Å². The third-order valence-corrected chi connectivity index (χ3v) is 4.39. The molecule has 0 aliphatic rings. The summed E-state index contributed by atoms with van der Waals surface area (Å²) in [6.45, 7) is 3.71. The van der Waals surface area contributed by atoms with Crippen molar-refractivity contribution in [3.63, 3.8) is 0 Å². The minimum atomic E-state index is -0.337. The Kier molecular flexibility index (Phi) is 7.34. The van der Waals surface area contributed by atoms with Crippen molar-refractivity contribution in [3.05, 3.63) is 52.3 Å². The summed E-state index contributed by atoms with van der Waals surface area (Å²) < 4.78 is 10.1. The Balaban J connectivity index is 2.25. The summed E-state index contributed by atoms with van der Waals surface area (Å²) in [7, 11) is 1.62. The standard InChI is InChI=1S/C21H25NO5/c1-4-27-20(24)12-10-17-18(13-23)21(25)14(2)22-19(17)11-7-15-5-8-16(26-3)9-6-15/h5-6,8-9,13,25H,4,7,10-12H2,1-3H3. The number of nitrogens with zero attached hydrogens (tertiary/aromatic N) is 1. The summed E-state index contributed by atoms with van der Waals surface area (Å²) in [5.41, 5.74) is 3.03. The van der Waals surface area contributed by atoms with Crippen LogP contribution in [0.2, 0.25) is 0 Å². The van der Waals surface area contributed by atoms with Crippen LogP contribution in [0, 0.1) is 6.92 Å². The molecule has 0 atom stereocenters. The lowest BCUT2D eigenvalue weighted by molar-refractivity contribution is -0.143. The number of esters is 1. The molecule has 0 saturated heterocycles. The lowest BCUT2D eigenvalue weighted by Gasteiger charge is -2.14. The van der Waals surface area contributed by atoms with Gasteiger partial charge in [-0.1, -0.05) is 12.1 Å². The highest BCUT2D eigenvalue weighted by atomic mass is 16.5. The summed E-state index contributed by atoms with van der Waals surface area (Å²) in [4.78, 5) is 27.7. The topological polar surface area (TPSA) is 85.7 Å². The molecule has 0 amide bonds. The molecule has 0 aliphatic heterocycles. The van der Waals surface area contributed by atoms with Crippen molar-refractivity contribution >= 4 is 12.3 Å². The van der Waals surface area contributed by atoms with E-state index < -0.39 is 0 Å². The van der Waals surface area contributed by atoms with Crippen LogP contribution in [0.5, 0.6) is 11.5 Å². The number of aryl methyl sites for hydroxylation is 3. The van der Waals surface area contributed by atoms with Crippen LogP contribution in [-0.4, -0.2) is 36.1 Å². The van der Waals surface area contributed by atoms with Gasteiger partial charge in [0.05, 0.1) is 25.0 Å². The van der Waals surface area contributed by atoms with Crippen molar-refractivity contribution < 1.29 is 24.2 Å². The first-order valence-corrected chi connectivity index (χ1v) is 8.95. The number of carbonyl (C=O) groups is 2. The lowest BCUT2D eigenvalue weighted by Crippen LogP contribution is -2.11. The van der Waals surface area contributed by atoms with E-state index in [0.717, 1.165) is 11.3 Å². The third-order valence-electron chi connectivity index (χ3n) is 4.39.